The molecule has 0 aliphatic heterocycles. The van der Waals surface area contributed by atoms with Gasteiger partial charge >= 0.3 is 13.6 Å². The lowest BCUT2D eigenvalue weighted by atomic mass is 10.3. The molecule has 0 radical (unpaired) electrons. The molecule has 0 fully saturated rings. The van der Waals surface area contributed by atoms with E-state index in [4.69, 9.17) is 14.2 Å². The summed E-state index contributed by atoms with van der Waals surface area (Å²) in [5.41, 5.74) is 0. The van der Waals surface area contributed by atoms with Gasteiger partial charge in [0, 0.05) is 7.11 Å². The summed E-state index contributed by atoms with van der Waals surface area (Å²) < 4.78 is 22.3. The van der Waals surface area contributed by atoms with Crippen LogP contribution in [-0.2, 0) is 18.7 Å². The number of carbonyl (C=O) groups is 2. The average molecular weight is 287 g/mol. The van der Waals surface area contributed by atoms with E-state index >= 15 is 0 Å². The van der Waals surface area contributed by atoms with Gasteiger partial charge in [-0.1, -0.05) is 18.2 Å². The van der Waals surface area contributed by atoms with Gasteiger partial charge in [0.2, 0.25) is 6.41 Å². The molecule has 0 heterocycles. The Bertz CT molecular complexity index is 477. The molecule has 0 aliphatic carbocycles. The van der Waals surface area contributed by atoms with Gasteiger partial charge in [0.1, 0.15) is 18.6 Å². The number of hydrogen-bond donors (Lipinski definition) is 1. The zero-order valence-corrected chi connectivity index (χ0v) is 11.2. The van der Waals surface area contributed by atoms with Crippen molar-refractivity contribution in [1.82, 2.24) is 4.90 Å². The van der Waals surface area contributed by atoms with Gasteiger partial charge in [0.05, 0.1) is 0 Å². The van der Waals surface area contributed by atoms with Crippen LogP contribution < -0.4 is 4.52 Å². The van der Waals surface area contributed by atoms with Gasteiger partial charge in [-0.3, -0.25) is 9.59 Å². The fourth-order valence-electron chi connectivity index (χ4n) is 1.28. The molecule has 19 heavy (non-hydrogen) atoms. The van der Waals surface area contributed by atoms with Gasteiger partial charge in [-0.2, -0.15) is 0 Å². The molecule has 0 aliphatic rings. The van der Waals surface area contributed by atoms with E-state index in [0.717, 1.165) is 4.90 Å². The highest BCUT2D eigenvalue weighted by Crippen LogP contribution is 2.47. The molecule has 8 heteroatoms. The summed E-state index contributed by atoms with van der Waals surface area (Å²) in [6, 6.07) is 8.28. The second kappa shape index (κ2) is 6.92. The highest BCUT2D eigenvalue weighted by Gasteiger charge is 2.28. The SMILES string of the molecule is COP(=O)(CN(C=O)CC(=O)O)Oc1ccccc1. The maximum Gasteiger partial charge on any atom is 0.398 e. The molecule has 0 saturated heterocycles. The molecule has 104 valence electrons. The first-order valence-electron chi connectivity index (χ1n) is 5.29. The molecule has 1 amide bonds. The lowest BCUT2D eigenvalue weighted by Gasteiger charge is -2.22. The Hall–Kier alpha value is -1.85. The van der Waals surface area contributed by atoms with Crippen molar-refractivity contribution in [3.05, 3.63) is 30.3 Å². The van der Waals surface area contributed by atoms with Crippen LogP contribution in [0.1, 0.15) is 0 Å². The van der Waals surface area contributed by atoms with Gasteiger partial charge < -0.3 is 19.1 Å². The summed E-state index contributed by atoms with van der Waals surface area (Å²) in [5.74, 6) is -0.900. The van der Waals surface area contributed by atoms with Crippen molar-refractivity contribution in [3.63, 3.8) is 0 Å². The number of carboxylic acids is 1. The summed E-state index contributed by atoms with van der Waals surface area (Å²) in [7, 11) is -2.45. The lowest BCUT2D eigenvalue weighted by Crippen LogP contribution is -2.30. The minimum Gasteiger partial charge on any atom is -0.480 e. The summed E-state index contributed by atoms with van der Waals surface area (Å²) in [6.07, 6.45) is -0.150. The number of carbonyl (C=O) groups excluding carboxylic acids is 1. The van der Waals surface area contributed by atoms with Crippen LogP contribution in [0.5, 0.6) is 5.75 Å². The molecule has 1 aromatic carbocycles. The number of benzene rings is 1. The predicted molar refractivity (Wildman–Crippen MR) is 67.0 cm³/mol. The van der Waals surface area contributed by atoms with Gasteiger partial charge in [-0.15, -0.1) is 0 Å². The Morgan fingerprint density at radius 1 is 1.42 bits per heavy atom. The largest absolute Gasteiger partial charge is 0.480 e. The maximum atomic E-state index is 12.3. The number of para-hydroxylation sites is 1. The van der Waals surface area contributed by atoms with Gasteiger partial charge in [-0.05, 0) is 12.1 Å². The number of hydrogen-bond acceptors (Lipinski definition) is 5. The third-order valence-electron chi connectivity index (χ3n) is 2.11. The summed E-state index contributed by atoms with van der Waals surface area (Å²) in [4.78, 5) is 22.1. The van der Waals surface area contributed by atoms with E-state index in [1.54, 1.807) is 30.3 Å². The van der Waals surface area contributed by atoms with E-state index < -0.39 is 26.4 Å². The van der Waals surface area contributed by atoms with Crippen LogP contribution in [0.3, 0.4) is 0 Å². The molecular weight excluding hydrogens is 273 g/mol. The van der Waals surface area contributed by atoms with Crippen molar-refractivity contribution in [2.45, 2.75) is 0 Å². The van der Waals surface area contributed by atoms with Crippen LogP contribution in [0.4, 0.5) is 0 Å². The molecular formula is C11H14NO6P. The molecule has 0 spiro atoms. The first-order chi connectivity index (χ1) is 8.99. The second-order valence-corrected chi connectivity index (χ2v) is 5.64. The van der Waals surface area contributed by atoms with Crippen LogP contribution in [0.2, 0.25) is 0 Å². The van der Waals surface area contributed by atoms with Gasteiger partial charge in [-0.25, -0.2) is 4.57 Å². The Balaban J connectivity index is 2.77. The fraction of sp³-hybridized carbons (Fsp3) is 0.273. The molecule has 0 bridgehead atoms. The molecule has 1 N–H and O–H groups in total. The van der Waals surface area contributed by atoms with E-state index in [-0.39, 0.29) is 6.41 Å². The molecule has 1 aromatic rings. The maximum absolute atomic E-state index is 12.3. The molecule has 1 atom stereocenters. The number of rotatable bonds is 8. The van der Waals surface area contributed by atoms with Crippen molar-refractivity contribution in [3.8, 4) is 5.75 Å². The summed E-state index contributed by atoms with van der Waals surface area (Å²) in [6.45, 7) is -0.574. The Labute approximate surface area is 110 Å². The first-order valence-corrected chi connectivity index (χ1v) is 7.02. The van der Waals surface area contributed by atoms with Crippen molar-refractivity contribution >= 4 is 20.0 Å². The number of amides is 1. The van der Waals surface area contributed by atoms with Crippen molar-refractivity contribution in [2.24, 2.45) is 0 Å². The van der Waals surface area contributed by atoms with E-state index in [2.05, 4.69) is 0 Å². The van der Waals surface area contributed by atoms with Crippen LogP contribution in [0.15, 0.2) is 30.3 Å². The zero-order valence-electron chi connectivity index (χ0n) is 10.3. The number of carboxylic acid groups (broad SMARTS) is 1. The lowest BCUT2D eigenvalue weighted by molar-refractivity contribution is -0.140. The predicted octanol–water partition coefficient (Wildman–Crippen LogP) is 1.41. The highest BCUT2D eigenvalue weighted by molar-refractivity contribution is 7.54. The molecule has 1 rings (SSSR count). The van der Waals surface area contributed by atoms with Crippen LogP contribution >= 0.6 is 7.60 Å². The van der Waals surface area contributed by atoms with E-state index in [9.17, 15) is 14.2 Å². The minimum atomic E-state index is -3.62. The highest BCUT2D eigenvalue weighted by atomic mass is 31.2. The van der Waals surface area contributed by atoms with Crippen molar-refractivity contribution in [2.75, 3.05) is 19.9 Å². The van der Waals surface area contributed by atoms with Crippen molar-refractivity contribution < 1.29 is 28.3 Å². The molecule has 0 saturated carbocycles. The van der Waals surface area contributed by atoms with Crippen molar-refractivity contribution in [1.29, 1.82) is 0 Å². The quantitative estimate of drug-likeness (QED) is 0.574. The first kappa shape index (κ1) is 15.2. The number of aliphatic carboxylic acids is 1. The third kappa shape index (κ3) is 5.11. The molecule has 1 unspecified atom stereocenters. The Morgan fingerprint density at radius 3 is 2.53 bits per heavy atom. The van der Waals surface area contributed by atoms with E-state index in [1.807, 2.05) is 0 Å². The normalized spacial score (nSPS) is 13.3. The monoisotopic (exact) mass is 287 g/mol. The van der Waals surface area contributed by atoms with E-state index in [1.165, 1.54) is 7.11 Å². The standard InChI is InChI=1S/C11H14NO6P/c1-17-19(16,9-12(8-13)7-11(14)15)18-10-5-3-2-4-6-10/h2-6,8H,7,9H2,1H3,(H,14,15). The third-order valence-corrected chi connectivity index (χ3v) is 3.86. The second-order valence-electron chi connectivity index (χ2n) is 3.59. The van der Waals surface area contributed by atoms with Gasteiger partial charge in [0.25, 0.3) is 0 Å². The molecule has 7 nitrogen and oxygen atoms in total. The molecule has 0 aromatic heterocycles. The fourth-order valence-corrected chi connectivity index (χ4v) is 2.58. The van der Waals surface area contributed by atoms with E-state index in [0.29, 0.717) is 5.75 Å². The topological polar surface area (TPSA) is 93.1 Å². The summed E-state index contributed by atoms with van der Waals surface area (Å²) in [5, 5.41) is 8.60. The smallest absolute Gasteiger partial charge is 0.398 e. The summed E-state index contributed by atoms with van der Waals surface area (Å²) >= 11 is 0. The van der Waals surface area contributed by atoms with Gasteiger partial charge in [0.15, 0.2) is 0 Å². The zero-order chi connectivity index (χ0) is 14.3. The van der Waals surface area contributed by atoms with Crippen LogP contribution in [0.25, 0.3) is 0 Å². The average Bonchev–Trinajstić information content (AvgIpc) is 2.38. The van der Waals surface area contributed by atoms with Crippen LogP contribution in [-0.4, -0.2) is 42.3 Å². The Morgan fingerprint density at radius 2 is 2.05 bits per heavy atom. The van der Waals surface area contributed by atoms with Crippen LogP contribution in [0, 0.1) is 0 Å². The number of nitrogens with zero attached hydrogens (tertiary/aromatic N) is 1. The minimum absolute atomic E-state index is 0.286. The Kier molecular flexibility index (Phi) is 5.54.